The third-order valence-electron chi connectivity index (χ3n) is 5.76. The van der Waals surface area contributed by atoms with Crippen molar-refractivity contribution in [1.29, 1.82) is 0 Å². The third-order valence-corrected chi connectivity index (χ3v) is 6.13. The molecule has 0 unspecified atom stereocenters. The van der Waals surface area contributed by atoms with Gasteiger partial charge in [-0.25, -0.2) is 0 Å². The number of para-hydroxylation sites is 1. The maximum Gasteiger partial charge on any atom is 0.281 e. The number of carbonyl (C=O) groups is 1. The van der Waals surface area contributed by atoms with Gasteiger partial charge in [-0.15, -0.1) is 0 Å². The summed E-state index contributed by atoms with van der Waals surface area (Å²) in [7, 11) is 0. The van der Waals surface area contributed by atoms with Crippen LogP contribution >= 0.6 is 11.6 Å². The number of amides is 1. The maximum atomic E-state index is 13.2. The van der Waals surface area contributed by atoms with Crippen LogP contribution in [0.25, 0.3) is 16.5 Å². The predicted molar refractivity (Wildman–Crippen MR) is 127 cm³/mol. The van der Waals surface area contributed by atoms with Crippen molar-refractivity contribution >= 4 is 28.3 Å². The number of rotatable bonds is 7. The SMILES string of the molecule is Cc1c2cnn(-c3ccccc3)c(=O)c2c(C)n1CCCC(=O)NCc1ccccc1Cl. The Morgan fingerprint density at radius 1 is 1.03 bits per heavy atom. The highest BCUT2D eigenvalue weighted by atomic mass is 35.5. The standard InChI is InChI=1S/C25H25ClN4O2/c1-17-21-16-28-30(20-10-4-3-5-11-20)25(32)24(21)18(2)29(17)14-8-13-23(31)27-15-19-9-6-7-12-22(19)26/h3-7,9-12,16H,8,13-15H2,1-2H3,(H,27,31). The van der Waals surface area contributed by atoms with Crippen LogP contribution in [-0.4, -0.2) is 20.3 Å². The zero-order chi connectivity index (χ0) is 22.7. The molecule has 0 aliphatic rings. The molecule has 1 N–H and O–H groups in total. The first kappa shape index (κ1) is 21.8. The summed E-state index contributed by atoms with van der Waals surface area (Å²) in [4.78, 5) is 25.4. The van der Waals surface area contributed by atoms with Gasteiger partial charge in [0.1, 0.15) is 0 Å². The molecule has 0 saturated heterocycles. The minimum absolute atomic E-state index is 0.0231. The quantitative estimate of drug-likeness (QED) is 0.450. The Balaban J connectivity index is 1.46. The molecule has 0 fully saturated rings. The van der Waals surface area contributed by atoms with Crippen molar-refractivity contribution in [1.82, 2.24) is 19.7 Å². The molecule has 0 spiro atoms. The second-order valence-corrected chi connectivity index (χ2v) is 8.19. The van der Waals surface area contributed by atoms with Gasteiger partial charge in [0, 0.05) is 41.3 Å². The second-order valence-electron chi connectivity index (χ2n) is 7.78. The van der Waals surface area contributed by atoms with Gasteiger partial charge in [-0.05, 0) is 44.0 Å². The predicted octanol–water partition coefficient (Wildman–Crippen LogP) is 4.55. The van der Waals surface area contributed by atoms with Gasteiger partial charge >= 0.3 is 0 Å². The van der Waals surface area contributed by atoms with Crippen LogP contribution in [0.3, 0.4) is 0 Å². The van der Waals surface area contributed by atoms with Crippen LogP contribution in [0.15, 0.2) is 65.6 Å². The summed E-state index contributed by atoms with van der Waals surface area (Å²) >= 11 is 6.14. The molecule has 4 aromatic rings. The lowest BCUT2D eigenvalue weighted by Crippen LogP contribution is -2.23. The molecule has 1 amide bonds. The van der Waals surface area contributed by atoms with Crippen LogP contribution in [0, 0.1) is 13.8 Å². The lowest BCUT2D eigenvalue weighted by molar-refractivity contribution is -0.121. The molecule has 0 bridgehead atoms. The van der Waals surface area contributed by atoms with Gasteiger partial charge in [0.2, 0.25) is 5.91 Å². The molecule has 7 heteroatoms. The Labute approximate surface area is 191 Å². The normalized spacial score (nSPS) is 11.1. The maximum absolute atomic E-state index is 13.2. The smallest absolute Gasteiger partial charge is 0.281 e. The average molecular weight is 449 g/mol. The number of hydrogen-bond donors (Lipinski definition) is 1. The Morgan fingerprint density at radius 2 is 1.75 bits per heavy atom. The monoisotopic (exact) mass is 448 g/mol. The van der Waals surface area contributed by atoms with E-state index in [2.05, 4.69) is 15.0 Å². The number of carbonyl (C=O) groups excluding carboxylic acids is 1. The topological polar surface area (TPSA) is 68.9 Å². The summed E-state index contributed by atoms with van der Waals surface area (Å²) in [5.41, 5.74) is 3.38. The lowest BCUT2D eigenvalue weighted by Gasteiger charge is -2.10. The molecule has 6 nitrogen and oxygen atoms in total. The van der Waals surface area contributed by atoms with E-state index in [0.717, 1.165) is 28.0 Å². The van der Waals surface area contributed by atoms with Crippen LogP contribution < -0.4 is 10.9 Å². The van der Waals surface area contributed by atoms with Crippen molar-refractivity contribution in [3.63, 3.8) is 0 Å². The Kier molecular flexibility index (Phi) is 6.42. The minimum atomic E-state index is -0.134. The molecule has 0 aliphatic heterocycles. The van der Waals surface area contributed by atoms with Crippen LogP contribution in [-0.2, 0) is 17.9 Å². The fraction of sp³-hybridized carbons (Fsp3) is 0.240. The van der Waals surface area contributed by atoms with E-state index in [-0.39, 0.29) is 11.5 Å². The summed E-state index contributed by atoms with van der Waals surface area (Å²) in [6, 6.07) is 16.9. The first-order valence-electron chi connectivity index (χ1n) is 10.6. The zero-order valence-corrected chi connectivity index (χ0v) is 18.9. The van der Waals surface area contributed by atoms with Crippen molar-refractivity contribution < 1.29 is 4.79 Å². The number of nitrogens with one attached hydrogen (secondary N) is 1. The van der Waals surface area contributed by atoms with Crippen molar-refractivity contribution in [3.8, 4) is 5.69 Å². The molecule has 0 aliphatic carbocycles. The molecule has 32 heavy (non-hydrogen) atoms. The summed E-state index contributed by atoms with van der Waals surface area (Å²) in [6.07, 6.45) is 2.81. The van der Waals surface area contributed by atoms with Gasteiger partial charge in [0.05, 0.1) is 17.3 Å². The summed E-state index contributed by atoms with van der Waals surface area (Å²) in [5, 5.41) is 9.46. The van der Waals surface area contributed by atoms with Crippen LogP contribution in [0.4, 0.5) is 0 Å². The van der Waals surface area contributed by atoms with Crippen LogP contribution in [0.1, 0.15) is 29.8 Å². The van der Waals surface area contributed by atoms with Crippen LogP contribution in [0.5, 0.6) is 0 Å². The van der Waals surface area contributed by atoms with Crippen molar-refractivity contribution in [3.05, 3.63) is 93.1 Å². The largest absolute Gasteiger partial charge is 0.352 e. The molecule has 0 saturated carbocycles. The third kappa shape index (κ3) is 4.32. The molecule has 4 rings (SSSR count). The lowest BCUT2D eigenvalue weighted by atomic mass is 10.2. The zero-order valence-electron chi connectivity index (χ0n) is 18.1. The van der Waals surface area contributed by atoms with Gasteiger partial charge in [0.25, 0.3) is 5.56 Å². The highest BCUT2D eigenvalue weighted by Gasteiger charge is 2.17. The van der Waals surface area contributed by atoms with Gasteiger partial charge in [-0.2, -0.15) is 9.78 Å². The second kappa shape index (κ2) is 9.40. The fourth-order valence-electron chi connectivity index (χ4n) is 4.02. The van der Waals surface area contributed by atoms with E-state index in [4.69, 9.17) is 11.6 Å². The van der Waals surface area contributed by atoms with E-state index in [1.807, 2.05) is 68.4 Å². The molecule has 164 valence electrons. The van der Waals surface area contributed by atoms with Gasteiger partial charge in [-0.3, -0.25) is 9.59 Å². The fourth-order valence-corrected chi connectivity index (χ4v) is 4.22. The number of aromatic nitrogens is 3. The minimum Gasteiger partial charge on any atom is -0.352 e. The number of fused-ring (bicyclic) bond motifs is 1. The van der Waals surface area contributed by atoms with E-state index >= 15 is 0 Å². The molecule has 0 atom stereocenters. The summed E-state index contributed by atoms with van der Waals surface area (Å²) in [6.45, 7) is 5.00. The van der Waals surface area contributed by atoms with Crippen LogP contribution in [0.2, 0.25) is 5.02 Å². The molecular weight excluding hydrogens is 424 g/mol. The first-order chi connectivity index (χ1) is 15.5. The van der Waals surface area contributed by atoms with Gasteiger partial charge in [0.15, 0.2) is 0 Å². The Morgan fingerprint density at radius 3 is 2.50 bits per heavy atom. The number of aryl methyl sites for hydroxylation is 2. The molecule has 2 aromatic heterocycles. The number of hydrogen-bond acceptors (Lipinski definition) is 3. The average Bonchev–Trinajstić information content (AvgIpc) is 3.04. The summed E-state index contributed by atoms with van der Waals surface area (Å²) < 4.78 is 3.53. The number of benzene rings is 2. The van der Waals surface area contributed by atoms with Crippen molar-refractivity contribution in [2.75, 3.05) is 0 Å². The van der Waals surface area contributed by atoms with Crippen molar-refractivity contribution in [2.45, 2.75) is 39.8 Å². The Hall–Kier alpha value is -3.38. The molecule has 2 heterocycles. The Bertz CT molecular complexity index is 1330. The van der Waals surface area contributed by atoms with E-state index in [0.29, 0.717) is 36.3 Å². The molecule has 2 aromatic carbocycles. The van der Waals surface area contributed by atoms with Gasteiger partial charge < -0.3 is 9.88 Å². The van der Waals surface area contributed by atoms with Gasteiger partial charge in [-0.1, -0.05) is 48.0 Å². The summed E-state index contributed by atoms with van der Waals surface area (Å²) in [5.74, 6) is -0.0231. The van der Waals surface area contributed by atoms with E-state index in [1.54, 1.807) is 6.20 Å². The highest BCUT2D eigenvalue weighted by molar-refractivity contribution is 6.31. The highest BCUT2D eigenvalue weighted by Crippen LogP contribution is 2.23. The van der Waals surface area contributed by atoms with Crippen molar-refractivity contribution in [2.24, 2.45) is 0 Å². The number of nitrogens with zero attached hydrogens (tertiary/aromatic N) is 3. The first-order valence-corrected chi connectivity index (χ1v) is 11.0. The number of halogens is 1. The van der Waals surface area contributed by atoms with E-state index in [9.17, 15) is 9.59 Å². The van der Waals surface area contributed by atoms with E-state index in [1.165, 1.54) is 4.68 Å². The van der Waals surface area contributed by atoms with E-state index < -0.39 is 0 Å². The molecular formula is C25H25ClN4O2. The molecule has 0 radical (unpaired) electrons.